The second-order valence-electron chi connectivity index (χ2n) is 6.90. The van der Waals surface area contributed by atoms with Gasteiger partial charge in [0, 0.05) is 31.5 Å². The summed E-state index contributed by atoms with van der Waals surface area (Å²) >= 11 is 5.32. The molecule has 0 radical (unpaired) electrons. The Bertz CT molecular complexity index is 798. The summed E-state index contributed by atoms with van der Waals surface area (Å²) < 4.78 is 23.1. The van der Waals surface area contributed by atoms with Gasteiger partial charge in [-0.1, -0.05) is 19.8 Å². The molecule has 1 saturated carbocycles. The first-order chi connectivity index (χ1) is 12.7. The minimum atomic E-state index is -3.50. The van der Waals surface area contributed by atoms with Crippen molar-refractivity contribution in [1.82, 2.24) is 10.6 Å². The summed E-state index contributed by atoms with van der Waals surface area (Å²) in [4.78, 5) is 10.5. The largest absolute Gasteiger partial charge is 0.378 e. The molecule has 10 heteroatoms. The van der Waals surface area contributed by atoms with E-state index >= 15 is 0 Å². The standard InChI is InChI=1S/C17H26N4O4S2/c1-12-5-3-4-6-14(12)20-17(26)19-10-9-18-15-8-7-13(27(2,24)25)11-16(15)21(22)23/h7-8,11-12,14,18H,3-6,9-10H2,1-2H3,(H2,19,20,26)/t12-,14+/m1/s1. The molecule has 0 aromatic heterocycles. The number of sulfone groups is 1. The molecule has 2 rings (SSSR count). The smallest absolute Gasteiger partial charge is 0.293 e. The monoisotopic (exact) mass is 414 g/mol. The normalized spacial score (nSPS) is 19.9. The van der Waals surface area contributed by atoms with Gasteiger partial charge >= 0.3 is 0 Å². The highest BCUT2D eigenvalue weighted by molar-refractivity contribution is 7.90. The van der Waals surface area contributed by atoms with Crippen molar-refractivity contribution in [3.05, 3.63) is 28.3 Å². The summed E-state index contributed by atoms with van der Waals surface area (Å²) in [5.41, 5.74) is 0.00337. The van der Waals surface area contributed by atoms with E-state index in [0.717, 1.165) is 18.7 Å². The van der Waals surface area contributed by atoms with Crippen LogP contribution in [0.1, 0.15) is 32.6 Å². The molecule has 1 fully saturated rings. The molecular weight excluding hydrogens is 388 g/mol. The Balaban J connectivity index is 1.86. The van der Waals surface area contributed by atoms with Gasteiger partial charge in [0.25, 0.3) is 5.69 Å². The van der Waals surface area contributed by atoms with Crippen molar-refractivity contribution in [2.75, 3.05) is 24.7 Å². The fourth-order valence-corrected chi connectivity index (χ4v) is 4.06. The second kappa shape index (κ2) is 9.32. The quantitative estimate of drug-likeness (QED) is 0.270. The number of hydrogen-bond acceptors (Lipinski definition) is 6. The molecule has 0 aliphatic heterocycles. The zero-order chi connectivity index (χ0) is 20.0. The highest BCUT2D eigenvalue weighted by atomic mass is 32.2. The molecule has 0 spiro atoms. The van der Waals surface area contributed by atoms with Crippen molar-refractivity contribution >= 4 is 38.5 Å². The maximum Gasteiger partial charge on any atom is 0.293 e. The van der Waals surface area contributed by atoms with Gasteiger partial charge < -0.3 is 16.0 Å². The Hall–Kier alpha value is -1.94. The van der Waals surface area contributed by atoms with Gasteiger partial charge in [-0.15, -0.1) is 0 Å². The van der Waals surface area contributed by atoms with Gasteiger partial charge in [-0.2, -0.15) is 0 Å². The van der Waals surface area contributed by atoms with Gasteiger partial charge in [-0.25, -0.2) is 8.42 Å². The second-order valence-corrected chi connectivity index (χ2v) is 9.33. The third-order valence-electron chi connectivity index (χ3n) is 4.75. The van der Waals surface area contributed by atoms with Gasteiger partial charge in [0.15, 0.2) is 14.9 Å². The molecule has 1 aromatic carbocycles. The first kappa shape index (κ1) is 21.4. The van der Waals surface area contributed by atoms with Crippen LogP contribution in [0, 0.1) is 16.0 Å². The molecule has 1 aliphatic carbocycles. The first-order valence-corrected chi connectivity index (χ1v) is 11.2. The van der Waals surface area contributed by atoms with E-state index in [4.69, 9.17) is 12.2 Å². The van der Waals surface area contributed by atoms with Crippen LogP contribution < -0.4 is 16.0 Å². The fourth-order valence-electron chi connectivity index (χ4n) is 3.17. The lowest BCUT2D eigenvalue weighted by atomic mass is 9.86. The average Bonchev–Trinajstić information content (AvgIpc) is 2.59. The van der Waals surface area contributed by atoms with E-state index in [1.54, 1.807) is 0 Å². The van der Waals surface area contributed by atoms with Crippen molar-refractivity contribution in [1.29, 1.82) is 0 Å². The molecule has 1 aliphatic rings. The summed E-state index contributed by atoms with van der Waals surface area (Å²) in [7, 11) is -3.50. The third kappa shape index (κ3) is 6.31. The number of thiocarbonyl (C=S) groups is 1. The molecule has 3 N–H and O–H groups in total. The predicted octanol–water partition coefficient (Wildman–Crippen LogP) is 2.45. The predicted molar refractivity (Wildman–Crippen MR) is 110 cm³/mol. The van der Waals surface area contributed by atoms with E-state index in [-0.39, 0.29) is 16.3 Å². The molecule has 1 aromatic rings. The van der Waals surface area contributed by atoms with Crippen molar-refractivity contribution < 1.29 is 13.3 Å². The SMILES string of the molecule is C[C@@H]1CCCC[C@@H]1NC(=S)NCCNc1ccc(S(C)(=O)=O)cc1[N+](=O)[O-]. The number of nitro benzene ring substituents is 1. The van der Waals surface area contributed by atoms with E-state index in [1.807, 2.05) is 0 Å². The summed E-state index contributed by atoms with van der Waals surface area (Å²) in [6.07, 6.45) is 5.80. The zero-order valence-corrected chi connectivity index (χ0v) is 17.2. The van der Waals surface area contributed by atoms with Crippen molar-refractivity contribution in [2.24, 2.45) is 5.92 Å². The number of anilines is 1. The van der Waals surface area contributed by atoms with Gasteiger partial charge in [0.1, 0.15) is 5.69 Å². The van der Waals surface area contributed by atoms with Crippen molar-refractivity contribution in [2.45, 2.75) is 43.5 Å². The van der Waals surface area contributed by atoms with Crippen molar-refractivity contribution in [3.8, 4) is 0 Å². The van der Waals surface area contributed by atoms with Crippen LogP contribution in [0.25, 0.3) is 0 Å². The van der Waals surface area contributed by atoms with Gasteiger partial charge in [-0.3, -0.25) is 10.1 Å². The van der Waals surface area contributed by atoms with Crippen LogP contribution in [0.2, 0.25) is 0 Å². The molecule has 150 valence electrons. The maximum absolute atomic E-state index is 11.6. The molecule has 0 unspecified atom stereocenters. The van der Waals surface area contributed by atoms with E-state index in [2.05, 4.69) is 22.9 Å². The highest BCUT2D eigenvalue weighted by Crippen LogP contribution is 2.27. The highest BCUT2D eigenvalue weighted by Gasteiger charge is 2.21. The third-order valence-corrected chi connectivity index (χ3v) is 6.12. The van der Waals surface area contributed by atoms with E-state index < -0.39 is 14.8 Å². The molecule has 2 atom stereocenters. The van der Waals surface area contributed by atoms with E-state index in [9.17, 15) is 18.5 Å². The molecule has 8 nitrogen and oxygen atoms in total. The Labute approximate surface area is 165 Å². The lowest BCUT2D eigenvalue weighted by Gasteiger charge is -2.30. The van der Waals surface area contributed by atoms with Crippen LogP contribution in [0.5, 0.6) is 0 Å². The molecule has 0 amide bonds. The minimum absolute atomic E-state index is 0.0788. The molecule has 0 bridgehead atoms. The lowest BCUT2D eigenvalue weighted by Crippen LogP contribution is -2.46. The zero-order valence-electron chi connectivity index (χ0n) is 15.5. The topological polar surface area (TPSA) is 113 Å². The maximum atomic E-state index is 11.6. The van der Waals surface area contributed by atoms with Crippen LogP contribution in [0.3, 0.4) is 0 Å². The van der Waals surface area contributed by atoms with Crippen LogP contribution in [0.4, 0.5) is 11.4 Å². The Morgan fingerprint density at radius 3 is 2.63 bits per heavy atom. The molecular formula is C17H26N4O4S2. The number of nitrogens with zero attached hydrogens (tertiary/aromatic N) is 1. The fraction of sp³-hybridized carbons (Fsp3) is 0.588. The molecule has 0 saturated heterocycles. The van der Waals surface area contributed by atoms with Gasteiger partial charge in [-0.05, 0) is 43.1 Å². The molecule has 0 heterocycles. The summed E-state index contributed by atoms with van der Waals surface area (Å²) in [5.74, 6) is 0.590. The number of nitro groups is 1. The van der Waals surface area contributed by atoms with Crippen molar-refractivity contribution in [3.63, 3.8) is 0 Å². The number of rotatable bonds is 7. The Morgan fingerprint density at radius 1 is 1.30 bits per heavy atom. The van der Waals surface area contributed by atoms with Gasteiger partial charge in [0.05, 0.1) is 9.82 Å². The van der Waals surface area contributed by atoms with Gasteiger partial charge in [0.2, 0.25) is 0 Å². The van der Waals surface area contributed by atoms with E-state index in [0.29, 0.717) is 30.2 Å². The number of benzene rings is 1. The van der Waals surface area contributed by atoms with Crippen LogP contribution >= 0.6 is 12.2 Å². The average molecular weight is 415 g/mol. The summed E-state index contributed by atoms with van der Waals surface area (Å²) in [6, 6.07) is 4.22. The summed E-state index contributed by atoms with van der Waals surface area (Å²) in [6.45, 7) is 3.11. The first-order valence-electron chi connectivity index (χ1n) is 8.95. The van der Waals surface area contributed by atoms with Crippen LogP contribution in [0.15, 0.2) is 23.1 Å². The number of hydrogen-bond donors (Lipinski definition) is 3. The van der Waals surface area contributed by atoms with Crippen LogP contribution in [-0.2, 0) is 9.84 Å². The van der Waals surface area contributed by atoms with Crippen LogP contribution in [-0.4, -0.2) is 43.8 Å². The van der Waals surface area contributed by atoms with E-state index in [1.165, 1.54) is 31.4 Å². The Kier molecular flexibility index (Phi) is 7.37. The lowest BCUT2D eigenvalue weighted by molar-refractivity contribution is -0.384. The summed E-state index contributed by atoms with van der Waals surface area (Å²) in [5, 5.41) is 21.2. The molecule has 27 heavy (non-hydrogen) atoms. The minimum Gasteiger partial charge on any atom is -0.378 e. The number of nitrogens with one attached hydrogen (secondary N) is 3. The Morgan fingerprint density at radius 2 is 2.00 bits per heavy atom.